The standard InChI is InChI=1S/C24H24N2O5/c1-5-11-26-17-13-16(9-10-18(17)30-14-24(2,3)23(26)28)25-22(27)20-12-15-7-6-8-19(29-4)21(15)31-20/h5-10,12-13H,1,11,14H2,2-4H3,(H,25,27). The minimum Gasteiger partial charge on any atom is -0.493 e. The highest BCUT2D eigenvalue weighted by Crippen LogP contribution is 2.38. The van der Waals surface area contributed by atoms with E-state index >= 15 is 0 Å². The molecule has 0 bridgehead atoms. The van der Waals surface area contributed by atoms with Crippen molar-refractivity contribution >= 4 is 34.2 Å². The Kier molecular flexibility index (Phi) is 5.19. The van der Waals surface area contributed by atoms with Crippen molar-refractivity contribution in [3.63, 3.8) is 0 Å². The van der Waals surface area contributed by atoms with Crippen molar-refractivity contribution in [3.8, 4) is 11.5 Å². The van der Waals surface area contributed by atoms with Crippen LogP contribution in [0.2, 0.25) is 0 Å². The number of fused-ring (bicyclic) bond motifs is 2. The van der Waals surface area contributed by atoms with E-state index in [4.69, 9.17) is 13.9 Å². The largest absolute Gasteiger partial charge is 0.493 e. The third-order valence-corrected chi connectivity index (χ3v) is 5.18. The lowest BCUT2D eigenvalue weighted by Gasteiger charge is -2.27. The van der Waals surface area contributed by atoms with Crippen molar-refractivity contribution in [1.29, 1.82) is 0 Å². The first-order valence-electron chi connectivity index (χ1n) is 9.91. The molecule has 1 aromatic heterocycles. The lowest BCUT2D eigenvalue weighted by atomic mass is 9.93. The van der Waals surface area contributed by atoms with Crippen LogP contribution in [0.5, 0.6) is 11.5 Å². The zero-order valence-corrected chi connectivity index (χ0v) is 17.7. The molecule has 1 aliphatic rings. The van der Waals surface area contributed by atoms with Crippen LogP contribution in [-0.2, 0) is 4.79 Å². The highest BCUT2D eigenvalue weighted by molar-refractivity contribution is 6.06. The normalized spacial score (nSPS) is 15.1. The van der Waals surface area contributed by atoms with Crippen LogP contribution in [0.1, 0.15) is 24.4 Å². The van der Waals surface area contributed by atoms with E-state index in [1.807, 2.05) is 26.0 Å². The van der Waals surface area contributed by atoms with Gasteiger partial charge in [-0.05, 0) is 44.2 Å². The molecular formula is C24H24N2O5. The first kappa shape index (κ1) is 20.5. The number of benzene rings is 2. The number of carbonyl (C=O) groups is 2. The van der Waals surface area contributed by atoms with E-state index in [0.717, 1.165) is 5.39 Å². The fraction of sp³-hybridized carbons (Fsp3) is 0.250. The second-order valence-electron chi connectivity index (χ2n) is 8.00. The Morgan fingerprint density at radius 2 is 2.10 bits per heavy atom. The number of amides is 2. The van der Waals surface area contributed by atoms with Crippen molar-refractivity contribution in [2.24, 2.45) is 5.41 Å². The van der Waals surface area contributed by atoms with Gasteiger partial charge in [0.15, 0.2) is 17.1 Å². The van der Waals surface area contributed by atoms with Crippen LogP contribution < -0.4 is 19.7 Å². The quantitative estimate of drug-likeness (QED) is 0.609. The molecule has 4 rings (SSSR count). The molecule has 0 saturated carbocycles. The van der Waals surface area contributed by atoms with Crippen LogP contribution in [0.4, 0.5) is 11.4 Å². The number of ether oxygens (including phenoxy) is 2. The molecule has 0 spiro atoms. The maximum atomic E-state index is 13.0. The monoisotopic (exact) mass is 420 g/mol. The lowest BCUT2D eigenvalue weighted by molar-refractivity contribution is -0.127. The Morgan fingerprint density at radius 3 is 2.84 bits per heavy atom. The number of nitrogens with zero attached hydrogens (tertiary/aromatic N) is 1. The Balaban J connectivity index is 1.65. The van der Waals surface area contributed by atoms with Crippen LogP contribution in [0.3, 0.4) is 0 Å². The Labute approximate surface area is 180 Å². The topological polar surface area (TPSA) is 81.0 Å². The molecular weight excluding hydrogens is 396 g/mol. The smallest absolute Gasteiger partial charge is 0.291 e. The van der Waals surface area contributed by atoms with Crippen LogP contribution in [-0.4, -0.2) is 32.1 Å². The maximum absolute atomic E-state index is 13.0. The summed E-state index contributed by atoms with van der Waals surface area (Å²) in [7, 11) is 1.55. The molecule has 7 heteroatoms. The third-order valence-electron chi connectivity index (χ3n) is 5.18. The highest BCUT2D eigenvalue weighted by Gasteiger charge is 2.37. The summed E-state index contributed by atoms with van der Waals surface area (Å²) in [6, 6.07) is 12.3. The zero-order chi connectivity index (χ0) is 22.2. The van der Waals surface area contributed by atoms with Crippen LogP contribution in [0.15, 0.2) is 59.5 Å². The molecule has 2 amide bonds. The highest BCUT2D eigenvalue weighted by atomic mass is 16.5. The van der Waals surface area contributed by atoms with E-state index in [1.165, 1.54) is 0 Å². The summed E-state index contributed by atoms with van der Waals surface area (Å²) in [4.78, 5) is 27.5. The molecule has 0 aliphatic carbocycles. The van der Waals surface area contributed by atoms with Gasteiger partial charge < -0.3 is 24.1 Å². The summed E-state index contributed by atoms with van der Waals surface area (Å²) in [5.74, 6) is 0.812. The van der Waals surface area contributed by atoms with Gasteiger partial charge in [0.2, 0.25) is 5.91 Å². The number of anilines is 2. The fourth-order valence-electron chi connectivity index (χ4n) is 3.53. The van der Waals surface area contributed by atoms with Crippen molar-refractivity contribution in [3.05, 3.63) is 60.9 Å². The van der Waals surface area contributed by atoms with Gasteiger partial charge in [0.1, 0.15) is 12.4 Å². The van der Waals surface area contributed by atoms with Crippen molar-refractivity contribution in [2.45, 2.75) is 13.8 Å². The Morgan fingerprint density at radius 1 is 1.29 bits per heavy atom. The average molecular weight is 420 g/mol. The lowest BCUT2D eigenvalue weighted by Crippen LogP contribution is -2.42. The number of para-hydroxylation sites is 1. The molecule has 1 aliphatic heterocycles. The maximum Gasteiger partial charge on any atom is 0.291 e. The molecule has 0 fully saturated rings. The van der Waals surface area contributed by atoms with Crippen molar-refractivity contribution in [1.82, 2.24) is 0 Å². The van der Waals surface area contributed by atoms with Gasteiger partial charge >= 0.3 is 0 Å². The van der Waals surface area contributed by atoms with E-state index in [9.17, 15) is 9.59 Å². The molecule has 1 N–H and O–H groups in total. The molecule has 31 heavy (non-hydrogen) atoms. The first-order chi connectivity index (χ1) is 14.8. The number of methoxy groups -OCH3 is 1. The minimum absolute atomic E-state index is 0.0704. The number of furan rings is 1. The molecule has 2 aromatic carbocycles. The summed E-state index contributed by atoms with van der Waals surface area (Å²) in [6.07, 6.45) is 1.66. The molecule has 0 saturated heterocycles. The van der Waals surface area contributed by atoms with Crippen molar-refractivity contribution in [2.75, 3.05) is 30.5 Å². The summed E-state index contributed by atoms with van der Waals surface area (Å²) in [6.45, 7) is 8.04. The fourth-order valence-corrected chi connectivity index (χ4v) is 3.53. The first-order valence-corrected chi connectivity index (χ1v) is 9.91. The number of hydrogen-bond acceptors (Lipinski definition) is 5. The number of rotatable bonds is 5. The van der Waals surface area contributed by atoms with E-state index in [-0.39, 0.29) is 18.3 Å². The molecule has 0 unspecified atom stereocenters. The van der Waals surface area contributed by atoms with Crippen LogP contribution >= 0.6 is 0 Å². The summed E-state index contributed by atoms with van der Waals surface area (Å²) >= 11 is 0. The second-order valence-corrected chi connectivity index (χ2v) is 8.00. The average Bonchev–Trinajstić information content (AvgIpc) is 3.17. The molecule has 7 nitrogen and oxygen atoms in total. The molecule has 0 atom stereocenters. The summed E-state index contributed by atoms with van der Waals surface area (Å²) in [5.41, 5.74) is 0.926. The van der Waals surface area contributed by atoms with Gasteiger partial charge in [-0.1, -0.05) is 18.2 Å². The van der Waals surface area contributed by atoms with Gasteiger partial charge in [0.25, 0.3) is 5.91 Å². The van der Waals surface area contributed by atoms with E-state index < -0.39 is 11.3 Å². The van der Waals surface area contributed by atoms with Crippen molar-refractivity contribution < 1.29 is 23.5 Å². The summed E-state index contributed by atoms with van der Waals surface area (Å²) in [5, 5.41) is 3.60. The molecule has 3 aromatic rings. The summed E-state index contributed by atoms with van der Waals surface area (Å²) < 4.78 is 16.9. The van der Waals surface area contributed by atoms with Gasteiger partial charge in [0, 0.05) is 17.6 Å². The zero-order valence-electron chi connectivity index (χ0n) is 17.7. The Hall–Kier alpha value is -3.74. The van der Waals surface area contributed by atoms with E-state index in [2.05, 4.69) is 11.9 Å². The molecule has 2 heterocycles. The van der Waals surface area contributed by atoms with Gasteiger partial charge in [-0.2, -0.15) is 0 Å². The SMILES string of the molecule is C=CCN1C(=O)C(C)(C)COc2ccc(NC(=O)c3cc4cccc(OC)c4o3)cc21. The minimum atomic E-state index is -0.682. The number of nitrogens with one attached hydrogen (secondary N) is 1. The molecule has 0 radical (unpaired) electrons. The predicted octanol–water partition coefficient (Wildman–Crippen LogP) is 4.63. The van der Waals surface area contributed by atoms with E-state index in [1.54, 1.807) is 48.4 Å². The predicted molar refractivity (Wildman–Crippen MR) is 119 cm³/mol. The van der Waals surface area contributed by atoms with Crippen LogP contribution in [0.25, 0.3) is 11.0 Å². The van der Waals surface area contributed by atoms with Gasteiger partial charge in [0.05, 0.1) is 18.2 Å². The van der Waals surface area contributed by atoms with E-state index in [0.29, 0.717) is 35.0 Å². The van der Waals surface area contributed by atoms with Gasteiger partial charge in [-0.25, -0.2) is 0 Å². The third kappa shape index (κ3) is 3.74. The van der Waals surface area contributed by atoms with Crippen LogP contribution in [0, 0.1) is 5.41 Å². The number of hydrogen-bond donors (Lipinski definition) is 1. The van der Waals surface area contributed by atoms with Gasteiger partial charge in [-0.3, -0.25) is 9.59 Å². The Bertz CT molecular complexity index is 1180. The molecule has 160 valence electrons. The second kappa shape index (κ2) is 7.83. The van der Waals surface area contributed by atoms with Gasteiger partial charge in [-0.15, -0.1) is 6.58 Å². The number of carbonyl (C=O) groups excluding carboxylic acids is 2.